The van der Waals surface area contributed by atoms with Gasteiger partial charge >= 0.3 is 0 Å². The zero-order valence-electron chi connectivity index (χ0n) is 14.1. The van der Waals surface area contributed by atoms with Crippen molar-refractivity contribution in [1.29, 1.82) is 0 Å². The number of thioether (sulfide) groups is 1. The average molecular weight is 357 g/mol. The number of hydrogen-bond donors (Lipinski definition) is 1. The first-order chi connectivity index (χ1) is 12.0. The van der Waals surface area contributed by atoms with Crippen LogP contribution in [0.4, 0.5) is 5.69 Å². The zero-order chi connectivity index (χ0) is 18.2. The predicted octanol–water partition coefficient (Wildman–Crippen LogP) is 3.93. The van der Waals surface area contributed by atoms with Crippen LogP contribution in [0.25, 0.3) is 0 Å². The maximum atomic E-state index is 11.9. The molecule has 2 aromatic carbocycles. The fourth-order valence-electron chi connectivity index (χ4n) is 2.01. The Morgan fingerprint density at radius 2 is 1.96 bits per heavy atom. The first-order valence-corrected chi connectivity index (χ1v) is 8.71. The molecule has 25 heavy (non-hydrogen) atoms. The molecule has 0 saturated carbocycles. The molecule has 1 amide bonds. The van der Waals surface area contributed by atoms with Gasteiger partial charge in [-0.1, -0.05) is 29.8 Å². The lowest BCUT2D eigenvalue weighted by atomic mass is 10.1. The number of non-ortho nitro benzene ring substituents is 1. The summed E-state index contributed by atoms with van der Waals surface area (Å²) in [6.07, 6.45) is 0.338. The van der Waals surface area contributed by atoms with Crippen LogP contribution in [0.2, 0.25) is 0 Å². The van der Waals surface area contributed by atoms with Gasteiger partial charge in [-0.3, -0.25) is 14.9 Å². The molecule has 0 aliphatic heterocycles. The van der Waals surface area contributed by atoms with Crippen LogP contribution < -0.4 is 5.43 Å². The lowest BCUT2D eigenvalue weighted by Crippen LogP contribution is -2.19. The van der Waals surface area contributed by atoms with Crippen LogP contribution in [-0.2, 0) is 4.79 Å². The summed E-state index contributed by atoms with van der Waals surface area (Å²) in [7, 11) is 0. The van der Waals surface area contributed by atoms with E-state index in [0.717, 1.165) is 4.90 Å². The summed E-state index contributed by atoms with van der Waals surface area (Å²) in [5.41, 5.74) is 4.80. The third-order valence-electron chi connectivity index (χ3n) is 3.44. The molecule has 2 rings (SSSR count). The summed E-state index contributed by atoms with van der Waals surface area (Å²) in [4.78, 5) is 23.3. The van der Waals surface area contributed by atoms with E-state index in [1.54, 1.807) is 30.8 Å². The zero-order valence-corrected chi connectivity index (χ0v) is 14.9. The highest BCUT2D eigenvalue weighted by molar-refractivity contribution is 7.99. The van der Waals surface area contributed by atoms with E-state index in [1.165, 1.54) is 17.7 Å². The van der Waals surface area contributed by atoms with Crippen molar-refractivity contribution in [1.82, 2.24) is 5.43 Å². The Balaban J connectivity index is 1.83. The molecule has 7 heteroatoms. The monoisotopic (exact) mass is 357 g/mol. The lowest BCUT2D eigenvalue weighted by Gasteiger charge is -2.04. The van der Waals surface area contributed by atoms with E-state index in [2.05, 4.69) is 10.5 Å². The van der Waals surface area contributed by atoms with Gasteiger partial charge in [-0.15, -0.1) is 11.8 Å². The van der Waals surface area contributed by atoms with Gasteiger partial charge in [0, 0.05) is 34.8 Å². The summed E-state index contributed by atoms with van der Waals surface area (Å²) in [5, 5.41) is 14.8. The van der Waals surface area contributed by atoms with Crippen LogP contribution in [0.15, 0.2) is 58.5 Å². The highest BCUT2D eigenvalue weighted by atomic mass is 32.2. The molecule has 0 unspecified atom stereocenters. The molecular weight excluding hydrogens is 338 g/mol. The number of nitro benzene ring substituents is 1. The van der Waals surface area contributed by atoms with E-state index in [1.807, 2.05) is 31.2 Å². The standard InChI is InChI=1S/C18H19N3O3S/c1-13-6-8-17(9-7-13)25-11-10-18(22)20-19-14(2)15-4-3-5-16(12-15)21(23)24/h3-9,12H,10-11H2,1-2H3,(H,20,22)/b19-14-. The number of nitro groups is 1. The van der Waals surface area contributed by atoms with Crippen LogP contribution in [0.5, 0.6) is 0 Å². The van der Waals surface area contributed by atoms with E-state index in [4.69, 9.17) is 0 Å². The minimum absolute atomic E-state index is 0.00660. The minimum Gasteiger partial charge on any atom is -0.273 e. The van der Waals surface area contributed by atoms with Gasteiger partial charge < -0.3 is 0 Å². The van der Waals surface area contributed by atoms with Gasteiger partial charge in [-0.2, -0.15) is 5.10 Å². The first-order valence-electron chi connectivity index (χ1n) is 7.73. The number of nitrogens with zero attached hydrogens (tertiary/aromatic N) is 2. The van der Waals surface area contributed by atoms with Crippen molar-refractivity contribution in [3.8, 4) is 0 Å². The third-order valence-corrected chi connectivity index (χ3v) is 4.46. The Hall–Kier alpha value is -2.67. The molecule has 0 radical (unpaired) electrons. The Kier molecular flexibility index (Phi) is 6.71. The number of carbonyl (C=O) groups excluding carboxylic acids is 1. The van der Waals surface area contributed by atoms with Gasteiger partial charge in [0.2, 0.25) is 5.91 Å². The summed E-state index contributed by atoms with van der Waals surface area (Å²) in [6, 6.07) is 14.3. The lowest BCUT2D eigenvalue weighted by molar-refractivity contribution is -0.384. The number of amides is 1. The van der Waals surface area contributed by atoms with E-state index in [0.29, 0.717) is 23.4 Å². The summed E-state index contributed by atoms with van der Waals surface area (Å²) < 4.78 is 0. The number of rotatable bonds is 7. The molecule has 130 valence electrons. The topological polar surface area (TPSA) is 84.6 Å². The fraction of sp³-hybridized carbons (Fsp3) is 0.222. The largest absolute Gasteiger partial charge is 0.273 e. The molecule has 0 aromatic heterocycles. The Bertz CT molecular complexity index is 788. The highest BCUT2D eigenvalue weighted by Gasteiger charge is 2.08. The number of benzene rings is 2. The Morgan fingerprint density at radius 1 is 1.24 bits per heavy atom. The van der Waals surface area contributed by atoms with Gasteiger partial charge in [0.05, 0.1) is 10.6 Å². The highest BCUT2D eigenvalue weighted by Crippen LogP contribution is 2.19. The van der Waals surface area contributed by atoms with Crippen LogP contribution >= 0.6 is 11.8 Å². The van der Waals surface area contributed by atoms with Crippen molar-refractivity contribution in [2.75, 3.05) is 5.75 Å². The van der Waals surface area contributed by atoms with Crippen molar-refractivity contribution in [2.45, 2.75) is 25.2 Å². The smallest absolute Gasteiger partial charge is 0.270 e. The summed E-state index contributed by atoms with van der Waals surface area (Å²) in [5.74, 6) is 0.463. The molecule has 0 spiro atoms. The van der Waals surface area contributed by atoms with Crippen molar-refractivity contribution in [3.63, 3.8) is 0 Å². The third kappa shape index (κ3) is 6.04. The average Bonchev–Trinajstić information content (AvgIpc) is 2.61. The van der Waals surface area contributed by atoms with Gasteiger partial charge in [0.15, 0.2) is 0 Å². The van der Waals surface area contributed by atoms with E-state index in [9.17, 15) is 14.9 Å². The maximum absolute atomic E-state index is 11.9. The molecular formula is C18H19N3O3S. The fourth-order valence-corrected chi connectivity index (χ4v) is 2.86. The quantitative estimate of drug-likeness (QED) is 0.352. The maximum Gasteiger partial charge on any atom is 0.270 e. The molecule has 0 aliphatic rings. The van der Waals surface area contributed by atoms with Gasteiger partial charge in [0.1, 0.15) is 0 Å². The van der Waals surface area contributed by atoms with Crippen molar-refractivity contribution >= 4 is 29.1 Å². The minimum atomic E-state index is -0.461. The number of nitrogens with one attached hydrogen (secondary N) is 1. The molecule has 0 saturated heterocycles. The van der Waals surface area contributed by atoms with Crippen molar-refractivity contribution in [2.24, 2.45) is 5.10 Å². The van der Waals surface area contributed by atoms with Crippen molar-refractivity contribution < 1.29 is 9.72 Å². The molecule has 2 aromatic rings. The second-order valence-electron chi connectivity index (χ2n) is 5.45. The molecule has 0 fully saturated rings. The molecule has 1 N–H and O–H groups in total. The molecule has 0 heterocycles. The number of hydrogen-bond acceptors (Lipinski definition) is 5. The van der Waals surface area contributed by atoms with E-state index in [-0.39, 0.29) is 11.6 Å². The summed E-state index contributed by atoms with van der Waals surface area (Å²) in [6.45, 7) is 3.73. The predicted molar refractivity (Wildman–Crippen MR) is 100.0 cm³/mol. The Labute approximate surface area is 150 Å². The second-order valence-corrected chi connectivity index (χ2v) is 6.62. The molecule has 6 nitrogen and oxygen atoms in total. The van der Waals surface area contributed by atoms with Crippen LogP contribution in [0.1, 0.15) is 24.5 Å². The first kappa shape index (κ1) is 18.7. The second kappa shape index (κ2) is 8.98. The van der Waals surface area contributed by atoms with E-state index >= 15 is 0 Å². The number of aryl methyl sites for hydroxylation is 1. The molecule has 0 aliphatic carbocycles. The Morgan fingerprint density at radius 3 is 2.64 bits per heavy atom. The van der Waals surface area contributed by atoms with Crippen LogP contribution in [-0.4, -0.2) is 22.3 Å². The van der Waals surface area contributed by atoms with Gasteiger partial charge in [-0.25, -0.2) is 5.43 Å². The normalized spacial score (nSPS) is 11.2. The van der Waals surface area contributed by atoms with E-state index < -0.39 is 4.92 Å². The molecule has 0 atom stereocenters. The van der Waals surface area contributed by atoms with Crippen LogP contribution in [0, 0.1) is 17.0 Å². The van der Waals surface area contributed by atoms with Crippen molar-refractivity contribution in [3.05, 3.63) is 69.8 Å². The van der Waals surface area contributed by atoms with Gasteiger partial charge in [-0.05, 0) is 26.0 Å². The number of hydrazone groups is 1. The van der Waals surface area contributed by atoms with Crippen LogP contribution in [0.3, 0.4) is 0 Å². The van der Waals surface area contributed by atoms with Gasteiger partial charge in [0.25, 0.3) is 5.69 Å². The summed E-state index contributed by atoms with van der Waals surface area (Å²) >= 11 is 1.61. The molecule has 0 bridgehead atoms. The number of carbonyl (C=O) groups is 1. The SMILES string of the molecule is C/C(=N/NC(=O)CCSc1ccc(C)cc1)c1cccc([N+](=O)[O-])c1.